The molecule has 1 heterocycles. The minimum atomic E-state index is -3.96. The van der Waals surface area contributed by atoms with Crippen molar-refractivity contribution in [1.29, 1.82) is 0 Å². The average Bonchev–Trinajstić information content (AvgIpc) is 2.77. The van der Waals surface area contributed by atoms with E-state index in [-0.39, 0.29) is 16.3 Å². The van der Waals surface area contributed by atoms with Crippen LogP contribution in [0.4, 0.5) is 17.1 Å². The van der Waals surface area contributed by atoms with Crippen molar-refractivity contribution in [3.63, 3.8) is 0 Å². The van der Waals surface area contributed by atoms with E-state index in [2.05, 4.69) is 15.4 Å². The SMILES string of the molecule is COc1ccc(NS(=O)(=O)c2ccc3c(c2)NC(=O)C(C)C(=O)N3)cc1OC. The molecule has 0 saturated heterocycles. The Morgan fingerprint density at radius 2 is 1.54 bits per heavy atom. The lowest BCUT2D eigenvalue weighted by Crippen LogP contribution is -2.28. The van der Waals surface area contributed by atoms with Crippen LogP contribution in [0.5, 0.6) is 11.5 Å². The number of methoxy groups -OCH3 is 2. The number of fused-ring (bicyclic) bond motifs is 1. The zero-order chi connectivity index (χ0) is 20.5. The third kappa shape index (κ3) is 3.72. The average molecular weight is 405 g/mol. The summed E-state index contributed by atoms with van der Waals surface area (Å²) in [6.45, 7) is 1.47. The fraction of sp³-hybridized carbons (Fsp3) is 0.222. The fourth-order valence-electron chi connectivity index (χ4n) is 2.62. The summed E-state index contributed by atoms with van der Waals surface area (Å²) in [6, 6.07) is 8.65. The number of amides is 2. The van der Waals surface area contributed by atoms with Crippen molar-refractivity contribution in [3.05, 3.63) is 36.4 Å². The van der Waals surface area contributed by atoms with Crippen molar-refractivity contribution in [2.24, 2.45) is 5.92 Å². The summed E-state index contributed by atoms with van der Waals surface area (Å²) in [5.41, 5.74) is 0.809. The number of benzene rings is 2. The van der Waals surface area contributed by atoms with E-state index in [9.17, 15) is 18.0 Å². The Labute approximate surface area is 162 Å². The summed E-state index contributed by atoms with van der Waals surface area (Å²) in [5.74, 6) is -1.04. The van der Waals surface area contributed by atoms with Crippen molar-refractivity contribution in [3.8, 4) is 11.5 Å². The Balaban J connectivity index is 1.92. The lowest BCUT2D eigenvalue weighted by Gasteiger charge is -2.13. The van der Waals surface area contributed by atoms with Gasteiger partial charge in [0.25, 0.3) is 10.0 Å². The maximum Gasteiger partial charge on any atom is 0.261 e. The predicted molar refractivity (Wildman–Crippen MR) is 103 cm³/mol. The van der Waals surface area contributed by atoms with Crippen LogP contribution in [0, 0.1) is 5.92 Å². The van der Waals surface area contributed by atoms with Gasteiger partial charge in [0.2, 0.25) is 11.8 Å². The minimum absolute atomic E-state index is 0.0786. The zero-order valence-electron chi connectivity index (χ0n) is 15.4. The molecule has 3 rings (SSSR count). The maximum absolute atomic E-state index is 12.8. The Bertz CT molecular complexity index is 1050. The third-order valence-corrected chi connectivity index (χ3v) is 5.62. The van der Waals surface area contributed by atoms with Crippen LogP contribution in [-0.4, -0.2) is 34.5 Å². The molecule has 0 saturated carbocycles. The highest BCUT2D eigenvalue weighted by molar-refractivity contribution is 7.92. The molecule has 148 valence electrons. The standard InChI is InChI=1S/C18H19N3O6S/c1-10-17(22)19-13-6-5-12(9-14(13)20-18(10)23)28(24,25)21-11-4-7-15(26-2)16(8-11)27-3/h4-10,21H,1-3H3,(H,19,22)(H,20,23). The van der Waals surface area contributed by atoms with Crippen LogP contribution in [0.2, 0.25) is 0 Å². The Hall–Kier alpha value is -3.27. The first-order valence-corrected chi connectivity index (χ1v) is 9.74. The second-order valence-corrected chi connectivity index (χ2v) is 7.77. The first kappa shape index (κ1) is 19.5. The van der Waals surface area contributed by atoms with Crippen molar-refractivity contribution in [1.82, 2.24) is 0 Å². The quantitative estimate of drug-likeness (QED) is 0.654. The van der Waals surface area contributed by atoms with E-state index < -0.39 is 27.8 Å². The molecule has 1 unspecified atom stereocenters. The predicted octanol–water partition coefficient (Wildman–Crippen LogP) is 2.03. The molecule has 9 nitrogen and oxygen atoms in total. The van der Waals surface area contributed by atoms with E-state index in [0.717, 1.165) is 0 Å². The molecule has 0 bridgehead atoms. The third-order valence-electron chi connectivity index (χ3n) is 4.24. The number of sulfonamides is 1. The van der Waals surface area contributed by atoms with Crippen molar-refractivity contribution in [2.45, 2.75) is 11.8 Å². The van der Waals surface area contributed by atoms with Gasteiger partial charge in [0, 0.05) is 6.07 Å². The molecular formula is C18H19N3O6S. The van der Waals surface area contributed by atoms with Gasteiger partial charge in [-0.1, -0.05) is 0 Å². The summed E-state index contributed by atoms with van der Waals surface area (Å²) >= 11 is 0. The van der Waals surface area contributed by atoms with Crippen molar-refractivity contribution >= 4 is 38.9 Å². The topological polar surface area (TPSA) is 123 Å². The van der Waals surface area contributed by atoms with Crippen molar-refractivity contribution in [2.75, 3.05) is 29.6 Å². The van der Waals surface area contributed by atoms with Gasteiger partial charge in [0.15, 0.2) is 11.5 Å². The highest BCUT2D eigenvalue weighted by Crippen LogP contribution is 2.32. The summed E-state index contributed by atoms with van der Waals surface area (Å²) in [7, 11) is -1.04. The van der Waals surface area contributed by atoms with Gasteiger partial charge in [-0.25, -0.2) is 8.42 Å². The van der Waals surface area contributed by atoms with Gasteiger partial charge in [0.1, 0.15) is 5.92 Å². The van der Waals surface area contributed by atoms with Crippen LogP contribution in [0.15, 0.2) is 41.3 Å². The minimum Gasteiger partial charge on any atom is -0.493 e. The van der Waals surface area contributed by atoms with Crippen LogP contribution in [0.3, 0.4) is 0 Å². The molecule has 0 aromatic heterocycles. The molecule has 10 heteroatoms. The molecule has 0 spiro atoms. The molecule has 1 aliphatic rings. The Morgan fingerprint density at radius 1 is 0.893 bits per heavy atom. The normalized spacial score (nSPS) is 16.3. The van der Waals surface area contributed by atoms with Gasteiger partial charge in [0.05, 0.1) is 36.2 Å². The van der Waals surface area contributed by atoms with E-state index in [1.165, 1.54) is 51.5 Å². The lowest BCUT2D eigenvalue weighted by atomic mass is 10.1. The van der Waals surface area contributed by atoms with Crippen LogP contribution in [0.1, 0.15) is 6.92 Å². The lowest BCUT2D eigenvalue weighted by molar-refractivity contribution is -0.128. The molecule has 1 atom stereocenters. The largest absolute Gasteiger partial charge is 0.493 e. The highest BCUT2D eigenvalue weighted by atomic mass is 32.2. The molecule has 2 aromatic rings. The Morgan fingerprint density at radius 3 is 2.18 bits per heavy atom. The van der Waals surface area contributed by atoms with Crippen LogP contribution in [-0.2, 0) is 19.6 Å². The second kappa shape index (κ2) is 7.39. The molecule has 28 heavy (non-hydrogen) atoms. The van der Waals surface area contributed by atoms with Crippen LogP contribution < -0.4 is 24.8 Å². The van der Waals surface area contributed by atoms with Gasteiger partial charge in [-0.15, -0.1) is 0 Å². The first-order valence-electron chi connectivity index (χ1n) is 8.26. The number of anilines is 3. The summed E-state index contributed by atoms with van der Waals surface area (Å²) in [6.07, 6.45) is 0. The van der Waals surface area contributed by atoms with E-state index in [4.69, 9.17) is 9.47 Å². The molecule has 2 amide bonds. The smallest absolute Gasteiger partial charge is 0.261 e. The molecule has 3 N–H and O–H groups in total. The number of rotatable bonds is 5. The number of carbonyl (C=O) groups is 2. The van der Waals surface area contributed by atoms with E-state index in [1.807, 2.05) is 0 Å². The molecular weight excluding hydrogens is 386 g/mol. The zero-order valence-corrected chi connectivity index (χ0v) is 16.2. The number of carbonyl (C=O) groups excluding carboxylic acids is 2. The van der Waals surface area contributed by atoms with Gasteiger partial charge in [-0.2, -0.15) is 0 Å². The highest BCUT2D eigenvalue weighted by Gasteiger charge is 2.28. The summed E-state index contributed by atoms with van der Waals surface area (Å²) < 4.78 is 38.3. The molecule has 0 radical (unpaired) electrons. The van der Waals surface area contributed by atoms with Crippen molar-refractivity contribution < 1.29 is 27.5 Å². The monoisotopic (exact) mass is 405 g/mol. The number of hydrogen-bond donors (Lipinski definition) is 3. The van der Waals surface area contributed by atoms with E-state index >= 15 is 0 Å². The Kier molecular flexibility index (Phi) is 5.14. The van der Waals surface area contributed by atoms with Crippen LogP contribution in [0.25, 0.3) is 0 Å². The van der Waals surface area contributed by atoms with E-state index in [1.54, 1.807) is 6.07 Å². The number of hydrogen-bond acceptors (Lipinski definition) is 6. The van der Waals surface area contributed by atoms with Gasteiger partial charge < -0.3 is 20.1 Å². The summed E-state index contributed by atoms with van der Waals surface area (Å²) in [4.78, 5) is 23.8. The molecule has 2 aromatic carbocycles. The number of nitrogens with one attached hydrogen (secondary N) is 3. The number of ether oxygens (including phenoxy) is 2. The molecule has 0 aliphatic carbocycles. The van der Waals surface area contributed by atoms with Gasteiger partial charge in [-0.05, 0) is 37.3 Å². The second-order valence-electron chi connectivity index (χ2n) is 6.08. The fourth-order valence-corrected chi connectivity index (χ4v) is 3.69. The molecule has 0 fully saturated rings. The molecule has 1 aliphatic heterocycles. The van der Waals surface area contributed by atoms with Gasteiger partial charge in [-0.3, -0.25) is 14.3 Å². The maximum atomic E-state index is 12.8. The first-order chi connectivity index (χ1) is 13.2. The summed E-state index contributed by atoms with van der Waals surface area (Å²) in [5, 5.41) is 5.15. The van der Waals surface area contributed by atoms with Crippen LogP contribution >= 0.6 is 0 Å². The van der Waals surface area contributed by atoms with E-state index in [0.29, 0.717) is 17.2 Å². The van der Waals surface area contributed by atoms with Gasteiger partial charge >= 0.3 is 0 Å².